The van der Waals surface area contributed by atoms with E-state index in [9.17, 15) is 4.79 Å². The first-order valence-electron chi connectivity index (χ1n) is 7.84. The second-order valence-electron chi connectivity index (χ2n) is 6.21. The van der Waals surface area contributed by atoms with Crippen LogP contribution in [0.4, 0.5) is 0 Å². The number of amides is 1. The maximum absolute atomic E-state index is 12.1. The van der Waals surface area contributed by atoms with Crippen molar-refractivity contribution in [3.8, 4) is 0 Å². The Bertz CT molecular complexity index is 435. The molecule has 2 unspecified atom stereocenters. The van der Waals surface area contributed by atoms with Gasteiger partial charge in [-0.15, -0.1) is 11.3 Å². The molecule has 0 bridgehead atoms. The van der Waals surface area contributed by atoms with Gasteiger partial charge in [-0.2, -0.15) is 0 Å². The first-order valence-corrected chi connectivity index (χ1v) is 8.72. The molecule has 2 aliphatic carbocycles. The van der Waals surface area contributed by atoms with E-state index < -0.39 is 0 Å². The van der Waals surface area contributed by atoms with Crippen LogP contribution in [-0.2, 0) is 4.79 Å². The summed E-state index contributed by atoms with van der Waals surface area (Å²) in [5, 5.41) is 8.82. The van der Waals surface area contributed by atoms with E-state index in [2.05, 4.69) is 28.1 Å². The second kappa shape index (κ2) is 6.27. The summed E-state index contributed by atoms with van der Waals surface area (Å²) >= 11 is 1.80. The van der Waals surface area contributed by atoms with Crippen LogP contribution >= 0.6 is 11.3 Å². The van der Waals surface area contributed by atoms with Crippen LogP contribution in [-0.4, -0.2) is 18.0 Å². The van der Waals surface area contributed by atoms with E-state index in [1.54, 1.807) is 11.3 Å². The summed E-state index contributed by atoms with van der Waals surface area (Å²) in [4.78, 5) is 13.5. The normalized spacial score (nSPS) is 22.6. The van der Waals surface area contributed by atoms with Gasteiger partial charge < -0.3 is 5.32 Å². The molecule has 2 fully saturated rings. The van der Waals surface area contributed by atoms with Gasteiger partial charge in [-0.3, -0.25) is 10.1 Å². The van der Waals surface area contributed by atoms with Crippen LogP contribution < -0.4 is 10.6 Å². The average molecular weight is 292 g/mol. The number of rotatable bonds is 6. The van der Waals surface area contributed by atoms with E-state index in [-0.39, 0.29) is 11.9 Å². The first kappa shape index (κ1) is 14.1. The molecule has 0 saturated heterocycles. The quantitative estimate of drug-likeness (QED) is 0.845. The summed E-state index contributed by atoms with van der Waals surface area (Å²) in [6.45, 7) is 1.99. The molecular formula is C16H24N2OS. The molecule has 110 valence electrons. The lowest BCUT2D eigenvalue weighted by Crippen LogP contribution is -2.45. The van der Waals surface area contributed by atoms with Crippen molar-refractivity contribution in [1.82, 2.24) is 10.6 Å². The molecule has 0 spiro atoms. The Kier molecular flexibility index (Phi) is 4.41. The molecule has 0 radical (unpaired) electrons. The molecule has 4 heteroatoms. The number of carbonyl (C=O) groups excluding carboxylic acids is 1. The Morgan fingerprint density at radius 2 is 2.05 bits per heavy atom. The van der Waals surface area contributed by atoms with Crippen molar-refractivity contribution in [2.75, 3.05) is 0 Å². The molecule has 1 aromatic rings. The maximum Gasteiger partial charge on any atom is 0.237 e. The van der Waals surface area contributed by atoms with Gasteiger partial charge in [0.2, 0.25) is 5.91 Å². The van der Waals surface area contributed by atoms with Gasteiger partial charge in [-0.25, -0.2) is 0 Å². The van der Waals surface area contributed by atoms with Gasteiger partial charge in [-0.05, 0) is 50.0 Å². The van der Waals surface area contributed by atoms with Crippen LogP contribution in [0, 0.1) is 5.92 Å². The number of hydrogen-bond acceptors (Lipinski definition) is 3. The Morgan fingerprint density at radius 1 is 1.30 bits per heavy atom. The lowest BCUT2D eigenvalue weighted by atomic mass is 9.96. The lowest BCUT2D eigenvalue weighted by molar-refractivity contribution is -0.123. The van der Waals surface area contributed by atoms with Crippen molar-refractivity contribution in [1.29, 1.82) is 0 Å². The maximum atomic E-state index is 12.1. The zero-order chi connectivity index (χ0) is 13.9. The van der Waals surface area contributed by atoms with E-state index in [0.717, 1.165) is 12.8 Å². The third-order valence-corrected chi connectivity index (χ3v) is 5.42. The van der Waals surface area contributed by atoms with E-state index in [1.807, 2.05) is 6.92 Å². The molecule has 3 rings (SSSR count). The first-order chi connectivity index (χ1) is 9.74. The summed E-state index contributed by atoms with van der Waals surface area (Å²) in [6.07, 6.45) is 7.53. The highest BCUT2D eigenvalue weighted by Gasteiger charge is 2.31. The number of thiophene rings is 1. The zero-order valence-electron chi connectivity index (χ0n) is 12.1. The summed E-state index contributed by atoms with van der Waals surface area (Å²) in [5.74, 6) is 0.844. The van der Waals surface area contributed by atoms with E-state index in [0.29, 0.717) is 18.0 Å². The molecule has 2 aliphatic rings. The second-order valence-corrected chi connectivity index (χ2v) is 7.19. The monoisotopic (exact) mass is 292 g/mol. The van der Waals surface area contributed by atoms with Gasteiger partial charge in [0.15, 0.2) is 0 Å². The minimum Gasteiger partial charge on any atom is -0.352 e. The van der Waals surface area contributed by atoms with Gasteiger partial charge in [0, 0.05) is 17.0 Å². The van der Waals surface area contributed by atoms with Gasteiger partial charge in [0.1, 0.15) is 0 Å². The number of nitrogens with one attached hydrogen (secondary N) is 2. The van der Waals surface area contributed by atoms with Crippen molar-refractivity contribution in [2.24, 2.45) is 5.92 Å². The van der Waals surface area contributed by atoms with Crippen molar-refractivity contribution in [3.63, 3.8) is 0 Å². The Labute approximate surface area is 125 Å². The molecule has 2 atom stereocenters. The molecular weight excluding hydrogens is 268 g/mol. The Morgan fingerprint density at radius 3 is 2.65 bits per heavy atom. The average Bonchev–Trinajstić information content (AvgIpc) is 2.96. The summed E-state index contributed by atoms with van der Waals surface area (Å²) < 4.78 is 0. The van der Waals surface area contributed by atoms with Crippen LogP contribution in [0.1, 0.15) is 56.4 Å². The molecule has 1 amide bonds. The summed E-state index contributed by atoms with van der Waals surface area (Å²) in [5.41, 5.74) is 0. The predicted octanol–water partition coefficient (Wildman–Crippen LogP) is 3.24. The van der Waals surface area contributed by atoms with E-state index >= 15 is 0 Å². The van der Waals surface area contributed by atoms with Crippen molar-refractivity contribution < 1.29 is 4.79 Å². The van der Waals surface area contributed by atoms with Crippen molar-refractivity contribution in [3.05, 3.63) is 22.4 Å². The standard InChI is InChI=1S/C16H24N2OS/c1-11(16(19)18-13-8-9-13)17-15(12-5-2-3-6-12)14-7-4-10-20-14/h4,7,10-13,15,17H,2-3,5-6,8-9H2,1H3,(H,18,19). The third kappa shape index (κ3) is 3.41. The summed E-state index contributed by atoms with van der Waals surface area (Å²) in [7, 11) is 0. The van der Waals surface area contributed by atoms with Crippen LogP contribution in [0.5, 0.6) is 0 Å². The highest BCUT2D eigenvalue weighted by Crippen LogP contribution is 2.37. The van der Waals surface area contributed by atoms with Gasteiger partial charge in [-0.1, -0.05) is 18.9 Å². The van der Waals surface area contributed by atoms with E-state index in [1.165, 1.54) is 30.6 Å². The van der Waals surface area contributed by atoms with E-state index in [4.69, 9.17) is 0 Å². The van der Waals surface area contributed by atoms with Crippen LogP contribution in [0.2, 0.25) is 0 Å². The fourth-order valence-corrected chi connectivity index (χ4v) is 3.99. The van der Waals surface area contributed by atoms with Crippen molar-refractivity contribution in [2.45, 2.75) is 63.6 Å². The Hall–Kier alpha value is -0.870. The summed E-state index contributed by atoms with van der Waals surface area (Å²) in [6, 6.07) is 4.99. The fourth-order valence-electron chi connectivity index (χ4n) is 3.11. The minimum atomic E-state index is -0.108. The zero-order valence-corrected chi connectivity index (χ0v) is 12.9. The number of carbonyl (C=O) groups is 1. The van der Waals surface area contributed by atoms with Crippen LogP contribution in [0.25, 0.3) is 0 Å². The molecule has 2 N–H and O–H groups in total. The van der Waals surface area contributed by atoms with Crippen LogP contribution in [0.15, 0.2) is 17.5 Å². The molecule has 0 aliphatic heterocycles. The third-order valence-electron chi connectivity index (χ3n) is 4.47. The molecule has 20 heavy (non-hydrogen) atoms. The van der Waals surface area contributed by atoms with Gasteiger partial charge in [0.05, 0.1) is 6.04 Å². The highest BCUT2D eigenvalue weighted by atomic mass is 32.1. The SMILES string of the molecule is CC(NC(c1cccs1)C1CCCC1)C(=O)NC1CC1. The van der Waals surface area contributed by atoms with Gasteiger partial charge in [0.25, 0.3) is 0 Å². The van der Waals surface area contributed by atoms with Crippen LogP contribution in [0.3, 0.4) is 0 Å². The topological polar surface area (TPSA) is 41.1 Å². The highest BCUT2D eigenvalue weighted by molar-refractivity contribution is 7.10. The lowest BCUT2D eigenvalue weighted by Gasteiger charge is -2.27. The fraction of sp³-hybridized carbons (Fsp3) is 0.688. The predicted molar refractivity (Wildman–Crippen MR) is 82.8 cm³/mol. The minimum absolute atomic E-state index is 0.108. The largest absolute Gasteiger partial charge is 0.352 e. The molecule has 3 nitrogen and oxygen atoms in total. The Balaban J connectivity index is 1.64. The van der Waals surface area contributed by atoms with Gasteiger partial charge >= 0.3 is 0 Å². The molecule has 1 aromatic heterocycles. The molecule has 1 heterocycles. The smallest absolute Gasteiger partial charge is 0.237 e. The number of hydrogen-bond donors (Lipinski definition) is 2. The molecule has 2 saturated carbocycles. The van der Waals surface area contributed by atoms with Crippen molar-refractivity contribution >= 4 is 17.2 Å². The molecule has 0 aromatic carbocycles.